The molecule has 0 saturated carbocycles. The first kappa shape index (κ1) is 38.4. The van der Waals surface area contributed by atoms with Crippen LogP contribution in [0.3, 0.4) is 0 Å². The molecular weight excluding hydrogens is 644 g/mol. The molecule has 0 aliphatic heterocycles. The molecule has 6 nitrogen and oxygen atoms in total. The number of alkyl halides is 20. The van der Waals surface area contributed by atoms with Crippen LogP contribution in [0, 0.1) is 0 Å². The van der Waals surface area contributed by atoms with Gasteiger partial charge in [-0.3, -0.25) is 0 Å². The van der Waals surface area contributed by atoms with Crippen LogP contribution < -0.4 is 0 Å². The molecule has 0 saturated heterocycles. The lowest BCUT2D eigenvalue weighted by molar-refractivity contribution is -0.589. The molecule has 26 heteroatoms. The number of rotatable bonds is 17. The molecule has 0 aromatic heterocycles. The molecule has 0 atom stereocenters. The van der Waals surface area contributed by atoms with Crippen molar-refractivity contribution in [3.8, 4) is 0 Å². The predicted molar refractivity (Wildman–Crippen MR) is 77.1 cm³/mol. The zero-order valence-electron chi connectivity index (χ0n) is 18.4. The molecule has 0 aromatic carbocycles. The molecule has 0 bridgehead atoms. The van der Waals surface area contributed by atoms with Gasteiger partial charge in [0.1, 0.15) is 0 Å². The highest BCUT2D eigenvalue weighted by Gasteiger charge is 2.79. The highest BCUT2D eigenvalue weighted by atomic mass is 19.4. The quantitative estimate of drug-likeness (QED) is 0.157. The van der Waals surface area contributed by atoms with E-state index >= 15 is 0 Å². The van der Waals surface area contributed by atoms with E-state index in [1.165, 1.54) is 9.47 Å². The zero-order chi connectivity index (χ0) is 32.7. The van der Waals surface area contributed by atoms with E-state index in [-0.39, 0.29) is 0 Å². The van der Waals surface area contributed by atoms with Crippen LogP contribution >= 0.6 is 0 Å². The maximum atomic E-state index is 13.3. The summed E-state index contributed by atoms with van der Waals surface area (Å²) in [5.74, 6) is 0. The van der Waals surface area contributed by atoms with E-state index in [1.807, 2.05) is 0 Å². The summed E-state index contributed by atoms with van der Waals surface area (Å²) in [4.78, 5) is 0. The maximum Gasteiger partial charge on any atom is 0.453 e. The fourth-order valence-corrected chi connectivity index (χ4v) is 1.65. The molecule has 0 heterocycles. The third-order valence-corrected chi connectivity index (χ3v) is 3.37. The largest absolute Gasteiger partial charge is 0.453 e. The predicted octanol–water partition coefficient (Wildman–Crippen LogP) is 7.05. The molecule has 0 rings (SSSR count). The van der Waals surface area contributed by atoms with Crippen LogP contribution in [0.4, 0.5) is 87.8 Å². The van der Waals surface area contributed by atoms with Crippen LogP contribution in [0.25, 0.3) is 0 Å². The Morgan fingerprint density at radius 2 is 0.400 bits per heavy atom. The molecule has 0 fully saturated rings. The Morgan fingerprint density at radius 1 is 0.275 bits per heavy atom. The Labute approximate surface area is 205 Å². The third-order valence-electron chi connectivity index (χ3n) is 3.37. The summed E-state index contributed by atoms with van der Waals surface area (Å²) >= 11 is 0. The molecule has 0 aromatic rings. The van der Waals surface area contributed by atoms with Gasteiger partial charge in [0, 0.05) is 0 Å². The Kier molecular flexibility index (Phi) is 10.8. The van der Waals surface area contributed by atoms with Crippen molar-refractivity contribution >= 4 is 0 Å². The summed E-state index contributed by atoms with van der Waals surface area (Å²) in [5.41, 5.74) is 0. The maximum absolute atomic E-state index is 13.3. The monoisotopic (exact) mass is 654 g/mol. The number of halogens is 20. The van der Waals surface area contributed by atoms with E-state index in [0.717, 1.165) is 0 Å². The zero-order valence-corrected chi connectivity index (χ0v) is 18.4. The molecular formula is C14H10F20O6. The van der Waals surface area contributed by atoms with Gasteiger partial charge < -0.3 is 9.47 Å². The van der Waals surface area contributed by atoms with Crippen molar-refractivity contribution in [1.29, 1.82) is 0 Å². The van der Waals surface area contributed by atoms with Gasteiger partial charge in [-0.2, -0.15) is 87.8 Å². The van der Waals surface area contributed by atoms with Crippen LogP contribution in [-0.4, -0.2) is 74.3 Å². The molecule has 40 heavy (non-hydrogen) atoms. The fraction of sp³-hybridized carbons (Fsp3) is 1.00. The summed E-state index contributed by atoms with van der Waals surface area (Å²) in [5, 5.41) is 0. The second-order valence-electron chi connectivity index (χ2n) is 6.44. The van der Waals surface area contributed by atoms with E-state index < -0.39 is 74.3 Å². The first-order valence-corrected chi connectivity index (χ1v) is 9.06. The van der Waals surface area contributed by atoms with Gasteiger partial charge in [-0.25, -0.2) is 18.9 Å². The molecule has 0 radical (unpaired) electrons. The standard InChI is InChI=1S/C14H10F20O6/c1-3-35-5(15,16)7(19,20)37-9(23,24)11(27,28)39-13(31,32)14(33,34)40-12(29,30)10(25,26)38-8(21,22)6(17,18)36-4-2/h3-4H2,1-2H3. The number of hydrogen-bond acceptors (Lipinski definition) is 6. The second-order valence-corrected chi connectivity index (χ2v) is 6.44. The van der Waals surface area contributed by atoms with Crippen molar-refractivity contribution in [3.05, 3.63) is 0 Å². The first-order chi connectivity index (χ1) is 17.2. The fourth-order valence-electron chi connectivity index (χ4n) is 1.65. The SMILES string of the molecule is CCOC(F)(F)C(F)(F)OC(F)(F)C(F)(F)OC(F)(F)C(F)(F)OC(F)(F)C(F)(F)OC(F)(F)C(F)(F)OCC. The molecule has 242 valence electrons. The van der Waals surface area contributed by atoms with Crippen LogP contribution in [0.2, 0.25) is 0 Å². The smallest absolute Gasteiger partial charge is 0.314 e. The van der Waals surface area contributed by atoms with E-state index in [1.54, 1.807) is 9.47 Å². The molecule has 0 aliphatic carbocycles. The van der Waals surface area contributed by atoms with Crippen molar-refractivity contribution in [3.63, 3.8) is 0 Å². The van der Waals surface area contributed by atoms with Crippen molar-refractivity contribution in [2.75, 3.05) is 13.2 Å². The van der Waals surface area contributed by atoms with Crippen molar-refractivity contribution in [2.45, 2.75) is 74.9 Å². The van der Waals surface area contributed by atoms with Gasteiger partial charge in [-0.1, -0.05) is 0 Å². The third kappa shape index (κ3) is 8.01. The van der Waals surface area contributed by atoms with Crippen molar-refractivity contribution in [2.24, 2.45) is 0 Å². The number of hydrogen-bond donors (Lipinski definition) is 0. The van der Waals surface area contributed by atoms with Crippen molar-refractivity contribution in [1.82, 2.24) is 0 Å². The average molecular weight is 654 g/mol. The Hall–Kier alpha value is -1.64. The van der Waals surface area contributed by atoms with E-state index in [0.29, 0.717) is 13.8 Å². The molecule has 0 unspecified atom stereocenters. The van der Waals surface area contributed by atoms with E-state index in [2.05, 4.69) is 9.47 Å². The minimum atomic E-state index is -7.84. The minimum absolute atomic E-state index is 0.485. The summed E-state index contributed by atoms with van der Waals surface area (Å²) in [6.45, 7) is -2.00. The Balaban J connectivity index is 6.08. The van der Waals surface area contributed by atoms with Gasteiger partial charge in [0.15, 0.2) is 0 Å². The normalized spacial score (nSPS) is 16.1. The minimum Gasteiger partial charge on any atom is -0.314 e. The summed E-state index contributed by atoms with van der Waals surface area (Å²) in [6, 6.07) is 0. The van der Waals surface area contributed by atoms with E-state index in [9.17, 15) is 87.8 Å². The lowest BCUT2D eigenvalue weighted by Crippen LogP contribution is -2.61. The average Bonchev–Trinajstić information content (AvgIpc) is 2.63. The summed E-state index contributed by atoms with van der Waals surface area (Å²) < 4.78 is 275. The first-order valence-electron chi connectivity index (χ1n) is 9.06. The second kappa shape index (κ2) is 11.2. The van der Waals surface area contributed by atoms with Gasteiger partial charge in [-0.05, 0) is 13.8 Å². The summed E-state index contributed by atoms with van der Waals surface area (Å²) in [6.07, 6.45) is -72.5. The van der Waals surface area contributed by atoms with Gasteiger partial charge in [0.2, 0.25) is 0 Å². The highest BCUT2D eigenvalue weighted by Crippen LogP contribution is 2.53. The molecule has 0 amide bonds. The highest BCUT2D eigenvalue weighted by molar-refractivity contribution is 4.81. The van der Waals surface area contributed by atoms with Crippen LogP contribution in [0.1, 0.15) is 13.8 Å². The topological polar surface area (TPSA) is 55.4 Å². The van der Waals surface area contributed by atoms with Gasteiger partial charge in [0.25, 0.3) is 0 Å². The van der Waals surface area contributed by atoms with Gasteiger partial charge in [0.05, 0.1) is 13.2 Å². The lowest BCUT2D eigenvalue weighted by atomic mass is 10.4. The van der Waals surface area contributed by atoms with Crippen LogP contribution in [0.5, 0.6) is 0 Å². The van der Waals surface area contributed by atoms with Gasteiger partial charge in [-0.15, -0.1) is 0 Å². The molecule has 0 N–H and O–H groups in total. The molecule has 0 aliphatic rings. The van der Waals surface area contributed by atoms with Crippen LogP contribution in [-0.2, 0) is 28.4 Å². The van der Waals surface area contributed by atoms with E-state index in [4.69, 9.17) is 0 Å². The Morgan fingerprint density at radius 3 is 0.525 bits per heavy atom. The van der Waals surface area contributed by atoms with Crippen LogP contribution in [0.15, 0.2) is 0 Å². The Bertz CT molecular complexity index is 778. The van der Waals surface area contributed by atoms with Crippen molar-refractivity contribution < 1.29 is 116 Å². The molecule has 0 spiro atoms. The van der Waals surface area contributed by atoms with Gasteiger partial charge >= 0.3 is 61.1 Å². The summed E-state index contributed by atoms with van der Waals surface area (Å²) in [7, 11) is 0. The number of ether oxygens (including phenoxy) is 6. The lowest BCUT2D eigenvalue weighted by Gasteiger charge is -2.36.